The Morgan fingerprint density at radius 1 is 1.44 bits per heavy atom. The molecule has 1 atom stereocenters. The molecular formula is C12H16N2OS. The fourth-order valence-corrected chi connectivity index (χ4v) is 3.40. The van der Waals surface area contributed by atoms with Crippen LogP contribution >= 0.6 is 11.3 Å². The Morgan fingerprint density at radius 2 is 2.25 bits per heavy atom. The van der Waals surface area contributed by atoms with Crippen LogP contribution in [0.25, 0.3) is 0 Å². The van der Waals surface area contributed by atoms with Crippen molar-refractivity contribution in [2.45, 2.75) is 18.9 Å². The number of amides is 1. The average Bonchev–Trinajstić information content (AvgIpc) is 2.84. The van der Waals surface area contributed by atoms with Crippen molar-refractivity contribution in [1.29, 1.82) is 0 Å². The molecule has 3 aliphatic rings. The molecule has 0 radical (unpaired) electrons. The zero-order valence-electron chi connectivity index (χ0n) is 9.19. The van der Waals surface area contributed by atoms with Crippen LogP contribution in [0.2, 0.25) is 0 Å². The molecule has 3 fully saturated rings. The van der Waals surface area contributed by atoms with E-state index in [0.717, 1.165) is 11.4 Å². The highest BCUT2D eigenvalue weighted by Crippen LogP contribution is 2.27. The molecule has 0 unspecified atom stereocenters. The molecule has 4 heterocycles. The molecule has 3 aliphatic heterocycles. The number of thiophene rings is 1. The summed E-state index contributed by atoms with van der Waals surface area (Å²) in [7, 11) is 0. The molecular weight excluding hydrogens is 220 g/mol. The fraction of sp³-hybridized carbons (Fsp3) is 0.583. The molecule has 0 saturated carbocycles. The second-order valence-electron chi connectivity index (χ2n) is 4.70. The maximum atomic E-state index is 11.9. The third-order valence-electron chi connectivity index (χ3n) is 3.72. The van der Waals surface area contributed by atoms with E-state index in [9.17, 15) is 4.79 Å². The lowest BCUT2D eigenvalue weighted by molar-refractivity contribution is 0.0622. The van der Waals surface area contributed by atoms with Crippen LogP contribution in [0.4, 0.5) is 0 Å². The Labute approximate surface area is 99.5 Å². The molecule has 3 nitrogen and oxygen atoms in total. The average molecular weight is 236 g/mol. The minimum absolute atomic E-state index is 0.105. The summed E-state index contributed by atoms with van der Waals surface area (Å²) in [4.78, 5) is 15.2. The molecule has 1 N–H and O–H groups in total. The van der Waals surface area contributed by atoms with Crippen LogP contribution in [0.3, 0.4) is 0 Å². The Morgan fingerprint density at radius 3 is 2.81 bits per heavy atom. The van der Waals surface area contributed by atoms with Gasteiger partial charge in [-0.25, -0.2) is 0 Å². The number of nitrogens with one attached hydrogen (secondary N) is 1. The monoisotopic (exact) mass is 236 g/mol. The normalized spacial score (nSPS) is 32.6. The molecule has 2 bridgehead atoms. The van der Waals surface area contributed by atoms with Gasteiger partial charge in [0.1, 0.15) is 0 Å². The van der Waals surface area contributed by atoms with Crippen LogP contribution in [-0.4, -0.2) is 36.5 Å². The lowest BCUT2D eigenvalue weighted by Gasteiger charge is -2.44. The number of hydrogen-bond donors (Lipinski definition) is 1. The predicted octanol–water partition coefficient (Wildman–Crippen LogP) is 1.57. The van der Waals surface area contributed by atoms with Gasteiger partial charge >= 0.3 is 0 Å². The van der Waals surface area contributed by atoms with E-state index in [1.807, 2.05) is 17.5 Å². The van der Waals surface area contributed by atoms with Crippen LogP contribution in [0.1, 0.15) is 22.5 Å². The molecule has 1 aromatic rings. The standard InChI is InChI=1S/C12H16N2OS/c15-12(11-2-1-7-16-11)13-10-8-14-5-3-9(10)4-6-14/h1-2,7,9-10H,3-6,8H2,(H,13,15)/t10-/m0/s1. The summed E-state index contributed by atoms with van der Waals surface area (Å²) in [6, 6.07) is 4.19. The van der Waals surface area contributed by atoms with E-state index in [-0.39, 0.29) is 5.91 Å². The van der Waals surface area contributed by atoms with Crippen LogP contribution < -0.4 is 5.32 Å². The summed E-state index contributed by atoms with van der Waals surface area (Å²) >= 11 is 1.51. The first-order chi connectivity index (χ1) is 7.83. The number of carbonyl (C=O) groups is 1. The van der Waals surface area contributed by atoms with Gasteiger partial charge < -0.3 is 10.2 Å². The summed E-state index contributed by atoms with van der Waals surface area (Å²) < 4.78 is 0. The van der Waals surface area contributed by atoms with E-state index in [1.54, 1.807) is 0 Å². The lowest BCUT2D eigenvalue weighted by Crippen LogP contribution is -2.57. The topological polar surface area (TPSA) is 32.3 Å². The van der Waals surface area contributed by atoms with E-state index in [2.05, 4.69) is 10.2 Å². The van der Waals surface area contributed by atoms with Crippen molar-refractivity contribution in [3.05, 3.63) is 22.4 Å². The maximum absolute atomic E-state index is 11.9. The van der Waals surface area contributed by atoms with Crippen molar-refractivity contribution in [2.75, 3.05) is 19.6 Å². The number of fused-ring (bicyclic) bond motifs is 3. The van der Waals surface area contributed by atoms with Gasteiger partial charge in [-0.2, -0.15) is 0 Å². The second-order valence-corrected chi connectivity index (χ2v) is 5.64. The van der Waals surface area contributed by atoms with Gasteiger partial charge in [0.25, 0.3) is 5.91 Å². The zero-order chi connectivity index (χ0) is 11.0. The fourth-order valence-electron chi connectivity index (χ4n) is 2.78. The summed E-state index contributed by atoms with van der Waals surface area (Å²) in [5, 5.41) is 5.13. The quantitative estimate of drug-likeness (QED) is 0.845. The van der Waals surface area contributed by atoms with E-state index in [1.165, 1.54) is 37.3 Å². The predicted molar refractivity (Wildman–Crippen MR) is 64.7 cm³/mol. The van der Waals surface area contributed by atoms with Gasteiger partial charge in [0.2, 0.25) is 0 Å². The van der Waals surface area contributed by atoms with Gasteiger partial charge in [0.15, 0.2) is 0 Å². The molecule has 86 valence electrons. The summed E-state index contributed by atoms with van der Waals surface area (Å²) in [6.45, 7) is 3.48. The highest BCUT2D eigenvalue weighted by Gasteiger charge is 2.34. The van der Waals surface area contributed by atoms with Gasteiger partial charge in [-0.15, -0.1) is 11.3 Å². The molecule has 1 amide bonds. The number of rotatable bonds is 2. The Bertz CT molecular complexity index is 368. The van der Waals surface area contributed by atoms with Gasteiger partial charge in [0, 0.05) is 12.6 Å². The van der Waals surface area contributed by atoms with Crippen LogP contribution in [-0.2, 0) is 0 Å². The molecule has 0 spiro atoms. The minimum atomic E-state index is 0.105. The maximum Gasteiger partial charge on any atom is 0.261 e. The Balaban J connectivity index is 1.65. The second kappa shape index (κ2) is 4.18. The van der Waals surface area contributed by atoms with Crippen molar-refractivity contribution in [3.8, 4) is 0 Å². The van der Waals surface area contributed by atoms with Crippen molar-refractivity contribution in [2.24, 2.45) is 5.92 Å². The van der Waals surface area contributed by atoms with Gasteiger partial charge in [-0.05, 0) is 43.3 Å². The van der Waals surface area contributed by atoms with Crippen LogP contribution in [0, 0.1) is 5.92 Å². The van der Waals surface area contributed by atoms with Crippen molar-refractivity contribution in [1.82, 2.24) is 10.2 Å². The smallest absolute Gasteiger partial charge is 0.261 e. The first-order valence-corrected chi connectivity index (χ1v) is 6.77. The van der Waals surface area contributed by atoms with Gasteiger partial charge in [-0.3, -0.25) is 4.79 Å². The minimum Gasteiger partial charge on any atom is -0.347 e. The third-order valence-corrected chi connectivity index (χ3v) is 4.59. The molecule has 0 aromatic carbocycles. The molecule has 4 heteroatoms. The number of carbonyl (C=O) groups excluding carboxylic acids is 1. The lowest BCUT2D eigenvalue weighted by atomic mass is 9.84. The Kier molecular flexibility index (Phi) is 2.69. The summed E-state index contributed by atoms with van der Waals surface area (Å²) in [6.07, 6.45) is 2.49. The van der Waals surface area contributed by atoms with Crippen molar-refractivity contribution >= 4 is 17.2 Å². The molecule has 0 aliphatic carbocycles. The Hall–Kier alpha value is -0.870. The largest absolute Gasteiger partial charge is 0.347 e. The van der Waals surface area contributed by atoms with Crippen molar-refractivity contribution in [3.63, 3.8) is 0 Å². The van der Waals surface area contributed by atoms with Crippen LogP contribution in [0.15, 0.2) is 17.5 Å². The number of piperidine rings is 3. The van der Waals surface area contributed by atoms with E-state index in [0.29, 0.717) is 12.0 Å². The van der Waals surface area contributed by atoms with E-state index in [4.69, 9.17) is 0 Å². The molecule has 3 saturated heterocycles. The summed E-state index contributed by atoms with van der Waals surface area (Å²) in [5.41, 5.74) is 0. The first-order valence-electron chi connectivity index (χ1n) is 5.89. The SMILES string of the molecule is O=C(N[C@H]1CN2CCC1CC2)c1cccs1. The summed E-state index contributed by atoms with van der Waals surface area (Å²) in [5.74, 6) is 0.808. The molecule has 16 heavy (non-hydrogen) atoms. The van der Waals surface area contributed by atoms with Crippen LogP contribution in [0.5, 0.6) is 0 Å². The molecule has 4 rings (SSSR count). The van der Waals surface area contributed by atoms with E-state index < -0.39 is 0 Å². The highest BCUT2D eigenvalue weighted by molar-refractivity contribution is 7.12. The van der Waals surface area contributed by atoms with E-state index >= 15 is 0 Å². The molecule has 1 aromatic heterocycles. The number of hydrogen-bond acceptors (Lipinski definition) is 3. The zero-order valence-corrected chi connectivity index (χ0v) is 10.0. The van der Waals surface area contributed by atoms with Crippen molar-refractivity contribution < 1.29 is 4.79 Å². The van der Waals surface area contributed by atoms with Gasteiger partial charge in [-0.1, -0.05) is 6.07 Å². The number of nitrogens with zero attached hydrogens (tertiary/aromatic N) is 1. The van der Waals surface area contributed by atoms with Gasteiger partial charge in [0.05, 0.1) is 4.88 Å². The highest BCUT2D eigenvalue weighted by atomic mass is 32.1. The first kappa shape index (κ1) is 10.3. The third kappa shape index (κ3) is 1.87.